The van der Waals surface area contributed by atoms with Crippen molar-refractivity contribution in [3.05, 3.63) is 59.1 Å². The third-order valence-corrected chi connectivity index (χ3v) is 7.21. The fourth-order valence-electron chi connectivity index (χ4n) is 4.46. The van der Waals surface area contributed by atoms with Crippen LogP contribution in [-0.2, 0) is 9.59 Å². The highest BCUT2D eigenvalue weighted by atomic mass is 32.1. The Morgan fingerprint density at radius 2 is 1.83 bits per heavy atom. The molecule has 3 aromatic rings. The number of piperidine rings is 1. The van der Waals surface area contributed by atoms with Crippen LogP contribution in [0.5, 0.6) is 0 Å². The van der Waals surface area contributed by atoms with Gasteiger partial charge in [0.1, 0.15) is 0 Å². The zero-order valence-electron chi connectivity index (χ0n) is 16.4. The topological polar surface area (TPSA) is 53.5 Å². The zero-order chi connectivity index (χ0) is 20.0. The molecule has 0 aliphatic carbocycles. The summed E-state index contributed by atoms with van der Waals surface area (Å²) in [4.78, 5) is 34.0. The minimum atomic E-state index is -0.334. The molecule has 0 radical (unpaired) electrons. The van der Waals surface area contributed by atoms with Gasteiger partial charge in [-0.1, -0.05) is 24.3 Å². The molecular formula is C23H23N3O2S. The van der Waals surface area contributed by atoms with Crippen molar-refractivity contribution in [1.82, 2.24) is 9.88 Å². The predicted molar refractivity (Wildman–Crippen MR) is 115 cm³/mol. The van der Waals surface area contributed by atoms with Crippen LogP contribution in [0.4, 0.5) is 5.69 Å². The normalized spacial score (nSPS) is 21.4. The molecule has 2 aromatic carbocycles. The number of fused-ring (bicyclic) bond motifs is 1. The smallest absolute Gasteiger partial charge is 0.251 e. The minimum absolute atomic E-state index is 0.0842. The number of carbonyl (C=O) groups is 2. The molecule has 3 heterocycles. The lowest BCUT2D eigenvalue weighted by Gasteiger charge is -2.34. The molecule has 0 spiro atoms. The largest absolute Gasteiger partial charge is 0.291 e. The Morgan fingerprint density at radius 1 is 1.03 bits per heavy atom. The summed E-state index contributed by atoms with van der Waals surface area (Å²) in [6.45, 7) is 3.62. The van der Waals surface area contributed by atoms with E-state index in [9.17, 15) is 9.59 Å². The van der Waals surface area contributed by atoms with Crippen molar-refractivity contribution in [2.75, 3.05) is 18.0 Å². The van der Waals surface area contributed by atoms with Gasteiger partial charge >= 0.3 is 0 Å². The third kappa shape index (κ3) is 3.36. The van der Waals surface area contributed by atoms with Crippen LogP contribution in [0.2, 0.25) is 0 Å². The quantitative estimate of drug-likeness (QED) is 0.615. The van der Waals surface area contributed by atoms with Gasteiger partial charge in [0.2, 0.25) is 5.91 Å². The van der Waals surface area contributed by atoms with Gasteiger partial charge in [-0.3, -0.25) is 14.5 Å². The fourth-order valence-corrected chi connectivity index (χ4v) is 5.60. The molecule has 5 nitrogen and oxygen atoms in total. The summed E-state index contributed by atoms with van der Waals surface area (Å²) in [7, 11) is 0. The first-order chi connectivity index (χ1) is 14.1. The first kappa shape index (κ1) is 18.5. The Bertz CT molecular complexity index is 1050. The standard InChI is InChI=1S/C23H23N3O2S/c1-15-5-4-6-17(13-15)26-21(27)14-19(23(26)28)25-11-9-16(10-12-25)22-24-18-7-2-3-8-20(18)29-22/h2-8,13,16,19H,9-12,14H2,1H3/t19-/m1/s1. The molecule has 2 fully saturated rings. The van der Waals surface area contributed by atoms with Crippen LogP contribution >= 0.6 is 11.3 Å². The van der Waals surface area contributed by atoms with Crippen LogP contribution in [-0.4, -0.2) is 40.8 Å². The number of imide groups is 1. The minimum Gasteiger partial charge on any atom is -0.291 e. The van der Waals surface area contributed by atoms with E-state index in [1.54, 1.807) is 11.3 Å². The maximum Gasteiger partial charge on any atom is 0.251 e. The second kappa shape index (κ2) is 7.35. The molecule has 2 saturated heterocycles. The number of nitrogens with zero attached hydrogens (tertiary/aromatic N) is 3. The SMILES string of the molecule is Cc1cccc(N2C(=O)C[C@@H](N3CCC(c4nc5ccccc5s4)CC3)C2=O)c1. The van der Waals surface area contributed by atoms with E-state index in [1.807, 2.05) is 37.3 Å². The molecule has 2 amide bonds. The lowest BCUT2D eigenvalue weighted by molar-refractivity contribution is -0.123. The maximum absolute atomic E-state index is 13.0. The molecule has 29 heavy (non-hydrogen) atoms. The van der Waals surface area contributed by atoms with Gasteiger partial charge in [0, 0.05) is 5.92 Å². The summed E-state index contributed by atoms with van der Waals surface area (Å²) >= 11 is 1.78. The van der Waals surface area contributed by atoms with Gasteiger partial charge in [0.15, 0.2) is 0 Å². The van der Waals surface area contributed by atoms with E-state index in [2.05, 4.69) is 23.1 Å². The summed E-state index contributed by atoms with van der Waals surface area (Å²) in [6.07, 6.45) is 2.23. The van der Waals surface area contributed by atoms with Crippen LogP contribution < -0.4 is 4.90 Å². The summed E-state index contributed by atoms with van der Waals surface area (Å²) in [5, 5.41) is 1.20. The van der Waals surface area contributed by atoms with E-state index in [0.717, 1.165) is 37.0 Å². The molecule has 0 saturated carbocycles. The fraction of sp³-hybridized carbons (Fsp3) is 0.348. The van der Waals surface area contributed by atoms with Gasteiger partial charge in [-0.05, 0) is 62.7 Å². The molecule has 5 rings (SSSR count). The van der Waals surface area contributed by atoms with Gasteiger partial charge in [0.25, 0.3) is 5.91 Å². The van der Waals surface area contributed by atoms with Crippen LogP contribution in [0.1, 0.15) is 35.8 Å². The van der Waals surface area contributed by atoms with Crippen molar-refractivity contribution in [3.8, 4) is 0 Å². The average molecular weight is 406 g/mol. The van der Waals surface area contributed by atoms with E-state index in [-0.39, 0.29) is 24.3 Å². The number of benzene rings is 2. The number of thiazole rings is 1. The van der Waals surface area contributed by atoms with Gasteiger partial charge in [0.05, 0.1) is 33.4 Å². The van der Waals surface area contributed by atoms with E-state index in [0.29, 0.717) is 11.6 Å². The number of aromatic nitrogens is 1. The van der Waals surface area contributed by atoms with E-state index in [1.165, 1.54) is 14.6 Å². The molecule has 1 aromatic heterocycles. The van der Waals surface area contributed by atoms with E-state index in [4.69, 9.17) is 4.98 Å². The Kier molecular flexibility index (Phi) is 4.68. The van der Waals surface area contributed by atoms with Crippen molar-refractivity contribution >= 4 is 39.1 Å². The van der Waals surface area contributed by atoms with E-state index >= 15 is 0 Å². The van der Waals surface area contributed by atoms with Crippen molar-refractivity contribution < 1.29 is 9.59 Å². The predicted octanol–water partition coefficient (Wildman–Crippen LogP) is 4.12. The highest BCUT2D eigenvalue weighted by molar-refractivity contribution is 7.18. The lowest BCUT2D eigenvalue weighted by atomic mass is 9.96. The molecular weight excluding hydrogens is 382 g/mol. The molecule has 2 aliphatic heterocycles. The number of carbonyl (C=O) groups excluding carboxylic acids is 2. The van der Waals surface area contributed by atoms with Crippen molar-refractivity contribution in [2.45, 2.75) is 38.1 Å². The van der Waals surface area contributed by atoms with Crippen molar-refractivity contribution in [1.29, 1.82) is 0 Å². The number of rotatable bonds is 3. The molecule has 6 heteroatoms. The molecule has 2 aliphatic rings. The lowest BCUT2D eigenvalue weighted by Crippen LogP contribution is -2.45. The number of anilines is 1. The van der Waals surface area contributed by atoms with Gasteiger partial charge in [-0.15, -0.1) is 11.3 Å². The Labute approximate surface area is 174 Å². The van der Waals surface area contributed by atoms with Gasteiger partial charge in [-0.2, -0.15) is 0 Å². The Balaban J connectivity index is 1.28. The number of hydrogen-bond acceptors (Lipinski definition) is 5. The first-order valence-electron chi connectivity index (χ1n) is 10.1. The van der Waals surface area contributed by atoms with Crippen LogP contribution in [0.15, 0.2) is 48.5 Å². The van der Waals surface area contributed by atoms with Crippen molar-refractivity contribution in [3.63, 3.8) is 0 Å². The average Bonchev–Trinajstić information content (AvgIpc) is 3.29. The Hall–Kier alpha value is -2.57. The molecule has 0 bridgehead atoms. The molecule has 1 atom stereocenters. The molecule has 148 valence electrons. The summed E-state index contributed by atoms with van der Waals surface area (Å²) in [5.41, 5.74) is 2.80. The second-order valence-corrected chi connectivity index (χ2v) is 9.02. The molecule has 0 unspecified atom stereocenters. The monoisotopic (exact) mass is 405 g/mol. The highest BCUT2D eigenvalue weighted by Crippen LogP contribution is 2.35. The highest BCUT2D eigenvalue weighted by Gasteiger charge is 2.43. The number of amides is 2. The number of aryl methyl sites for hydroxylation is 1. The number of hydrogen-bond donors (Lipinski definition) is 0. The van der Waals surface area contributed by atoms with E-state index < -0.39 is 0 Å². The zero-order valence-corrected chi connectivity index (χ0v) is 17.2. The first-order valence-corrected chi connectivity index (χ1v) is 10.9. The molecule has 0 N–H and O–H groups in total. The van der Waals surface area contributed by atoms with Crippen molar-refractivity contribution in [2.24, 2.45) is 0 Å². The maximum atomic E-state index is 13.0. The summed E-state index contributed by atoms with van der Waals surface area (Å²) in [6, 6.07) is 15.5. The second-order valence-electron chi connectivity index (χ2n) is 7.96. The van der Waals surface area contributed by atoms with Gasteiger partial charge in [-0.25, -0.2) is 9.88 Å². The summed E-state index contributed by atoms with van der Waals surface area (Å²) < 4.78 is 1.23. The van der Waals surface area contributed by atoms with Crippen LogP contribution in [0.25, 0.3) is 10.2 Å². The van der Waals surface area contributed by atoms with Crippen LogP contribution in [0.3, 0.4) is 0 Å². The van der Waals surface area contributed by atoms with Crippen LogP contribution in [0, 0.1) is 6.92 Å². The third-order valence-electron chi connectivity index (χ3n) is 6.01. The van der Waals surface area contributed by atoms with Gasteiger partial charge < -0.3 is 0 Å². The Morgan fingerprint density at radius 3 is 2.59 bits per heavy atom. The number of likely N-dealkylation sites (tertiary alicyclic amines) is 1. The number of para-hydroxylation sites is 1. The summed E-state index contributed by atoms with van der Waals surface area (Å²) in [5.74, 6) is 0.252.